The van der Waals surface area contributed by atoms with Crippen molar-refractivity contribution in [2.45, 2.75) is 6.42 Å². The molecule has 0 saturated carbocycles. The molecular formula is C10H11ClN2S. The van der Waals surface area contributed by atoms with Crippen LogP contribution >= 0.6 is 22.9 Å². The Hall–Kier alpha value is -0.800. The first-order valence-electron chi connectivity index (χ1n) is 4.54. The second-order valence-corrected chi connectivity index (χ2v) is 4.29. The SMILES string of the molecule is ClCCCNc1nccc2sccc12. The van der Waals surface area contributed by atoms with Crippen molar-refractivity contribution in [3.8, 4) is 0 Å². The molecule has 0 unspecified atom stereocenters. The van der Waals surface area contributed by atoms with Gasteiger partial charge in [-0.3, -0.25) is 0 Å². The predicted molar refractivity (Wildman–Crippen MR) is 63.4 cm³/mol. The van der Waals surface area contributed by atoms with Gasteiger partial charge in [0, 0.05) is 28.7 Å². The molecule has 0 spiro atoms. The summed E-state index contributed by atoms with van der Waals surface area (Å²) >= 11 is 7.34. The van der Waals surface area contributed by atoms with E-state index in [2.05, 4.69) is 21.7 Å². The van der Waals surface area contributed by atoms with Crippen LogP contribution in [-0.4, -0.2) is 17.4 Å². The third kappa shape index (κ3) is 1.99. The molecule has 2 heterocycles. The monoisotopic (exact) mass is 226 g/mol. The summed E-state index contributed by atoms with van der Waals surface area (Å²) in [5, 5.41) is 6.57. The quantitative estimate of drug-likeness (QED) is 0.639. The minimum atomic E-state index is 0.687. The smallest absolute Gasteiger partial charge is 0.134 e. The minimum absolute atomic E-state index is 0.687. The van der Waals surface area contributed by atoms with Crippen LogP contribution in [0, 0.1) is 0 Å². The summed E-state index contributed by atoms with van der Waals surface area (Å²) in [6, 6.07) is 4.13. The van der Waals surface area contributed by atoms with E-state index in [-0.39, 0.29) is 0 Å². The topological polar surface area (TPSA) is 24.9 Å². The van der Waals surface area contributed by atoms with Gasteiger partial charge in [0.15, 0.2) is 0 Å². The fourth-order valence-electron chi connectivity index (χ4n) is 1.31. The molecule has 0 fully saturated rings. The third-order valence-electron chi connectivity index (χ3n) is 1.98. The lowest BCUT2D eigenvalue weighted by Crippen LogP contribution is -2.03. The van der Waals surface area contributed by atoms with E-state index in [1.54, 1.807) is 11.3 Å². The number of halogens is 1. The van der Waals surface area contributed by atoms with E-state index in [9.17, 15) is 0 Å². The van der Waals surface area contributed by atoms with Crippen LogP contribution in [0.4, 0.5) is 5.82 Å². The van der Waals surface area contributed by atoms with E-state index in [1.165, 1.54) is 10.1 Å². The van der Waals surface area contributed by atoms with Crippen LogP contribution in [0.25, 0.3) is 10.1 Å². The summed E-state index contributed by atoms with van der Waals surface area (Å²) in [4.78, 5) is 4.30. The Bertz CT molecular complexity index is 413. The van der Waals surface area contributed by atoms with E-state index in [0.717, 1.165) is 18.8 Å². The molecule has 1 N–H and O–H groups in total. The molecule has 0 aliphatic carbocycles. The Morgan fingerprint density at radius 2 is 2.36 bits per heavy atom. The van der Waals surface area contributed by atoms with Gasteiger partial charge in [-0.2, -0.15) is 0 Å². The van der Waals surface area contributed by atoms with E-state index < -0.39 is 0 Å². The normalized spacial score (nSPS) is 10.6. The summed E-state index contributed by atoms with van der Waals surface area (Å²) in [6.45, 7) is 0.880. The Morgan fingerprint density at radius 3 is 3.21 bits per heavy atom. The Balaban J connectivity index is 2.19. The molecule has 2 aromatic rings. The van der Waals surface area contributed by atoms with E-state index >= 15 is 0 Å². The molecular weight excluding hydrogens is 216 g/mol. The van der Waals surface area contributed by atoms with Gasteiger partial charge < -0.3 is 5.32 Å². The van der Waals surface area contributed by atoms with Crippen molar-refractivity contribution in [1.29, 1.82) is 0 Å². The van der Waals surface area contributed by atoms with Crippen molar-refractivity contribution < 1.29 is 0 Å². The van der Waals surface area contributed by atoms with Crippen molar-refractivity contribution in [1.82, 2.24) is 4.98 Å². The van der Waals surface area contributed by atoms with Crippen molar-refractivity contribution in [3.63, 3.8) is 0 Å². The van der Waals surface area contributed by atoms with Gasteiger partial charge in [-0.05, 0) is 23.9 Å². The molecule has 0 bridgehead atoms. The molecule has 2 aromatic heterocycles. The number of pyridine rings is 1. The van der Waals surface area contributed by atoms with Gasteiger partial charge >= 0.3 is 0 Å². The Labute approximate surface area is 91.9 Å². The molecule has 2 rings (SSSR count). The fourth-order valence-corrected chi connectivity index (χ4v) is 2.22. The lowest BCUT2D eigenvalue weighted by Gasteiger charge is -2.04. The number of fused-ring (bicyclic) bond motifs is 1. The lowest BCUT2D eigenvalue weighted by atomic mass is 10.3. The molecule has 0 aliphatic heterocycles. The van der Waals surface area contributed by atoms with Gasteiger partial charge in [0.05, 0.1) is 0 Å². The lowest BCUT2D eigenvalue weighted by molar-refractivity contribution is 0.979. The molecule has 0 aromatic carbocycles. The number of thiophene rings is 1. The number of nitrogens with zero attached hydrogens (tertiary/aromatic N) is 1. The standard InChI is InChI=1S/C10H11ClN2S/c11-4-1-5-12-10-8-3-7-14-9(8)2-6-13-10/h2-3,6-7H,1,4-5H2,(H,12,13). The Morgan fingerprint density at radius 1 is 1.43 bits per heavy atom. The molecule has 0 aliphatic rings. The highest BCUT2D eigenvalue weighted by Crippen LogP contribution is 2.25. The van der Waals surface area contributed by atoms with Gasteiger partial charge in [0.25, 0.3) is 0 Å². The zero-order valence-corrected chi connectivity index (χ0v) is 9.24. The number of anilines is 1. The summed E-state index contributed by atoms with van der Waals surface area (Å²) < 4.78 is 1.27. The number of aromatic nitrogens is 1. The highest BCUT2D eigenvalue weighted by molar-refractivity contribution is 7.17. The van der Waals surface area contributed by atoms with Gasteiger partial charge in [-0.15, -0.1) is 22.9 Å². The number of hydrogen-bond donors (Lipinski definition) is 1. The van der Waals surface area contributed by atoms with Gasteiger partial charge in [-0.25, -0.2) is 4.98 Å². The molecule has 0 saturated heterocycles. The van der Waals surface area contributed by atoms with Gasteiger partial charge in [-0.1, -0.05) is 0 Å². The summed E-state index contributed by atoms with van der Waals surface area (Å²) in [6.07, 6.45) is 2.80. The van der Waals surface area contributed by atoms with Crippen molar-refractivity contribution in [2.24, 2.45) is 0 Å². The highest BCUT2D eigenvalue weighted by Gasteiger charge is 2.01. The third-order valence-corrected chi connectivity index (χ3v) is 3.13. The second kappa shape index (κ2) is 4.62. The first kappa shape index (κ1) is 9.74. The maximum atomic E-state index is 5.61. The van der Waals surface area contributed by atoms with Crippen LogP contribution in [0.15, 0.2) is 23.7 Å². The van der Waals surface area contributed by atoms with Crippen molar-refractivity contribution in [2.75, 3.05) is 17.7 Å². The Kier molecular flexibility index (Phi) is 3.22. The van der Waals surface area contributed by atoms with Gasteiger partial charge in [0.1, 0.15) is 5.82 Å². The van der Waals surface area contributed by atoms with Crippen LogP contribution in [-0.2, 0) is 0 Å². The molecule has 0 atom stereocenters. The fraction of sp³-hybridized carbons (Fsp3) is 0.300. The second-order valence-electron chi connectivity index (χ2n) is 2.96. The van der Waals surface area contributed by atoms with Gasteiger partial charge in [0.2, 0.25) is 0 Å². The zero-order valence-electron chi connectivity index (χ0n) is 7.66. The van der Waals surface area contributed by atoms with E-state index in [0.29, 0.717) is 5.88 Å². The first-order chi connectivity index (χ1) is 6.92. The molecule has 14 heavy (non-hydrogen) atoms. The minimum Gasteiger partial charge on any atom is -0.369 e. The molecule has 0 amide bonds. The summed E-state index contributed by atoms with van der Waals surface area (Å²) in [5.41, 5.74) is 0. The van der Waals surface area contributed by atoms with Crippen LogP contribution in [0.3, 0.4) is 0 Å². The van der Waals surface area contributed by atoms with Crippen molar-refractivity contribution in [3.05, 3.63) is 23.7 Å². The molecule has 0 radical (unpaired) electrons. The van der Waals surface area contributed by atoms with Crippen molar-refractivity contribution >= 4 is 38.8 Å². The van der Waals surface area contributed by atoms with E-state index in [4.69, 9.17) is 11.6 Å². The number of hydrogen-bond acceptors (Lipinski definition) is 3. The first-order valence-corrected chi connectivity index (χ1v) is 5.95. The highest BCUT2D eigenvalue weighted by atomic mass is 35.5. The average Bonchev–Trinajstić information content (AvgIpc) is 2.67. The van der Waals surface area contributed by atoms with Crippen LogP contribution < -0.4 is 5.32 Å². The van der Waals surface area contributed by atoms with E-state index in [1.807, 2.05) is 12.3 Å². The average molecular weight is 227 g/mol. The number of rotatable bonds is 4. The summed E-state index contributed by atoms with van der Waals surface area (Å²) in [5.74, 6) is 1.65. The zero-order chi connectivity index (χ0) is 9.80. The van der Waals surface area contributed by atoms with Crippen LogP contribution in [0.1, 0.15) is 6.42 Å². The molecule has 74 valence electrons. The maximum Gasteiger partial charge on any atom is 0.134 e. The largest absolute Gasteiger partial charge is 0.369 e. The maximum absolute atomic E-state index is 5.61. The molecule has 4 heteroatoms. The van der Waals surface area contributed by atoms with Crippen LogP contribution in [0.5, 0.6) is 0 Å². The number of nitrogens with one attached hydrogen (secondary N) is 1. The predicted octanol–water partition coefficient (Wildman–Crippen LogP) is 3.34. The van der Waals surface area contributed by atoms with Crippen LogP contribution in [0.2, 0.25) is 0 Å². The number of alkyl halides is 1. The molecule has 2 nitrogen and oxygen atoms in total. The summed E-state index contributed by atoms with van der Waals surface area (Å²) in [7, 11) is 0.